The number of nitrogens with one attached hydrogen (secondary N) is 1. The van der Waals surface area contributed by atoms with Crippen LogP contribution in [0.15, 0.2) is 30.3 Å². The Kier molecular flexibility index (Phi) is 4.00. The summed E-state index contributed by atoms with van der Waals surface area (Å²) in [5.74, 6) is 1.96. The van der Waals surface area contributed by atoms with Gasteiger partial charge in [0.1, 0.15) is 0 Å². The first-order chi connectivity index (χ1) is 10.4. The molecule has 3 saturated carbocycles. The van der Waals surface area contributed by atoms with Crippen molar-refractivity contribution in [2.75, 3.05) is 19.6 Å². The van der Waals surface area contributed by atoms with Crippen molar-refractivity contribution in [2.45, 2.75) is 50.6 Å². The molecule has 0 spiro atoms. The normalized spacial score (nSPS) is 23.5. The quantitative estimate of drug-likeness (QED) is 0.745. The van der Waals surface area contributed by atoms with Gasteiger partial charge in [0.15, 0.2) is 0 Å². The standard InChI is InChI=1S/C19H28N2/c1-2-4-17(5-3-1)19(12-20-18-10-11-18)21(13-15-6-7-15)14-16-8-9-16/h1-5,15-16,18-20H,6-14H2. The summed E-state index contributed by atoms with van der Waals surface area (Å²) in [6, 6.07) is 12.6. The van der Waals surface area contributed by atoms with Gasteiger partial charge in [-0.2, -0.15) is 0 Å². The van der Waals surface area contributed by atoms with Crippen LogP contribution in [-0.2, 0) is 0 Å². The number of benzene rings is 1. The van der Waals surface area contributed by atoms with Gasteiger partial charge in [-0.3, -0.25) is 4.90 Å². The minimum absolute atomic E-state index is 0.577. The number of rotatable bonds is 9. The van der Waals surface area contributed by atoms with Crippen molar-refractivity contribution in [3.8, 4) is 0 Å². The Bertz CT molecular complexity index is 432. The molecule has 1 unspecified atom stereocenters. The van der Waals surface area contributed by atoms with E-state index in [-0.39, 0.29) is 0 Å². The highest BCUT2D eigenvalue weighted by Crippen LogP contribution is 2.37. The van der Waals surface area contributed by atoms with E-state index in [0.29, 0.717) is 6.04 Å². The minimum atomic E-state index is 0.577. The van der Waals surface area contributed by atoms with Crippen LogP contribution in [0.1, 0.15) is 50.1 Å². The van der Waals surface area contributed by atoms with Crippen molar-refractivity contribution in [2.24, 2.45) is 11.8 Å². The number of hydrogen-bond donors (Lipinski definition) is 1. The van der Waals surface area contributed by atoms with Crippen molar-refractivity contribution >= 4 is 0 Å². The van der Waals surface area contributed by atoms with Gasteiger partial charge in [-0.05, 0) is 55.9 Å². The van der Waals surface area contributed by atoms with E-state index < -0.39 is 0 Å². The first-order valence-corrected chi connectivity index (χ1v) is 8.91. The van der Waals surface area contributed by atoms with Crippen LogP contribution in [-0.4, -0.2) is 30.6 Å². The maximum absolute atomic E-state index is 3.78. The van der Waals surface area contributed by atoms with E-state index in [4.69, 9.17) is 0 Å². The van der Waals surface area contributed by atoms with E-state index in [2.05, 4.69) is 40.5 Å². The van der Waals surface area contributed by atoms with Crippen molar-refractivity contribution in [3.63, 3.8) is 0 Å². The Morgan fingerprint density at radius 1 is 0.905 bits per heavy atom. The maximum atomic E-state index is 3.78. The Morgan fingerprint density at radius 3 is 2.05 bits per heavy atom. The van der Waals surface area contributed by atoms with Gasteiger partial charge in [0.2, 0.25) is 0 Å². The zero-order chi connectivity index (χ0) is 14.1. The summed E-state index contributed by atoms with van der Waals surface area (Å²) in [6.07, 6.45) is 8.59. The average Bonchev–Trinajstić information content (AvgIpc) is 3.36. The molecule has 114 valence electrons. The summed E-state index contributed by atoms with van der Waals surface area (Å²) in [6.45, 7) is 3.78. The van der Waals surface area contributed by atoms with Gasteiger partial charge < -0.3 is 5.32 Å². The molecule has 0 bridgehead atoms. The summed E-state index contributed by atoms with van der Waals surface area (Å²) in [5.41, 5.74) is 1.51. The Balaban J connectivity index is 1.48. The number of nitrogens with zero attached hydrogens (tertiary/aromatic N) is 1. The van der Waals surface area contributed by atoms with E-state index in [1.54, 1.807) is 0 Å². The third-order valence-electron chi connectivity index (χ3n) is 5.18. The molecule has 0 aliphatic heterocycles. The van der Waals surface area contributed by atoms with Gasteiger partial charge >= 0.3 is 0 Å². The highest BCUT2D eigenvalue weighted by Gasteiger charge is 2.33. The lowest BCUT2D eigenvalue weighted by atomic mass is 10.0. The van der Waals surface area contributed by atoms with Gasteiger partial charge in [0, 0.05) is 31.7 Å². The van der Waals surface area contributed by atoms with Gasteiger partial charge in [0.25, 0.3) is 0 Å². The summed E-state index contributed by atoms with van der Waals surface area (Å²) in [4.78, 5) is 2.81. The van der Waals surface area contributed by atoms with Crippen LogP contribution in [0, 0.1) is 11.8 Å². The number of hydrogen-bond acceptors (Lipinski definition) is 2. The first-order valence-electron chi connectivity index (χ1n) is 8.91. The fourth-order valence-electron chi connectivity index (χ4n) is 3.29. The third-order valence-corrected chi connectivity index (χ3v) is 5.18. The molecule has 3 aliphatic carbocycles. The maximum Gasteiger partial charge on any atom is 0.0472 e. The van der Waals surface area contributed by atoms with E-state index in [0.717, 1.165) is 24.4 Å². The lowest BCUT2D eigenvalue weighted by molar-refractivity contribution is 0.176. The van der Waals surface area contributed by atoms with E-state index in [1.807, 2.05) is 0 Å². The van der Waals surface area contributed by atoms with Gasteiger partial charge in [-0.15, -0.1) is 0 Å². The molecule has 1 atom stereocenters. The van der Waals surface area contributed by atoms with Crippen molar-refractivity contribution in [3.05, 3.63) is 35.9 Å². The molecular weight excluding hydrogens is 256 g/mol. The first kappa shape index (κ1) is 13.8. The third kappa shape index (κ3) is 4.08. The van der Waals surface area contributed by atoms with Crippen LogP contribution in [0.3, 0.4) is 0 Å². The smallest absolute Gasteiger partial charge is 0.0472 e. The molecule has 2 heteroatoms. The zero-order valence-electron chi connectivity index (χ0n) is 13.0. The van der Waals surface area contributed by atoms with Crippen molar-refractivity contribution < 1.29 is 0 Å². The van der Waals surface area contributed by atoms with Crippen LogP contribution >= 0.6 is 0 Å². The van der Waals surface area contributed by atoms with Crippen LogP contribution in [0.2, 0.25) is 0 Å². The molecule has 0 aromatic heterocycles. The van der Waals surface area contributed by atoms with Gasteiger partial charge in [-0.25, -0.2) is 0 Å². The summed E-state index contributed by atoms with van der Waals surface area (Å²) in [7, 11) is 0. The molecule has 0 amide bonds. The SMILES string of the molecule is c1ccc(C(CNC2CC2)N(CC2CC2)CC2CC2)cc1. The Hall–Kier alpha value is -0.860. The molecule has 1 N–H and O–H groups in total. The highest BCUT2D eigenvalue weighted by atomic mass is 15.2. The minimum Gasteiger partial charge on any atom is -0.312 e. The molecule has 0 radical (unpaired) electrons. The van der Waals surface area contributed by atoms with Crippen LogP contribution in [0.4, 0.5) is 0 Å². The molecule has 4 rings (SSSR count). The second-order valence-electron chi connectivity index (χ2n) is 7.45. The summed E-state index contributed by atoms with van der Waals surface area (Å²) >= 11 is 0. The molecule has 0 saturated heterocycles. The molecule has 3 fully saturated rings. The largest absolute Gasteiger partial charge is 0.312 e. The summed E-state index contributed by atoms with van der Waals surface area (Å²) < 4.78 is 0. The van der Waals surface area contributed by atoms with Crippen molar-refractivity contribution in [1.82, 2.24) is 10.2 Å². The predicted molar refractivity (Wildman–Crippen MR) is 87.2 cm³/mol. The molecule has 1 aromatic rings. The second kappa shape index (κ2) is 6.10. The topological polar surface area (TPSA) is 15.3 Å². The lowest BCUT2D eigenvalue weighted by Gasteiger charge is -2.33. The fraction of sp³-hybridized carbons (Fsp3) is 0.684. The monoisotopic (exact) mass is 284 g/mol. The van der Waals surface area contributed by atoms with E-state index >= 15 is 0 Å². The van der Waals surface area contributed by atoms with Crippen LogP contribution in [0.5, 0.6) is 0 Å². The highest BCUT2D eigenvalue weighted by molar-refractivity contribution is 5.20. The molecular formula is C19H28N2. The second-order valence-corrected chi connectivity index (χ2v) is 7.45. The van der Waals surface area contributed by atoms with Crippen LogP contribution < -0.4 is 5.32 Å². The van der Waals surface area contributed by atoms with E-state index in [9.17, 15) is 0 Å². The lowest BCUT2D eigenvalue weighted by Crippen LogP contribution is -2.39. The van der Waals surface area contributed by atoms with Gasteiger partial charge in [0.05, 0.1) is 0 Å². The van der Waals surface area contributed by atoms with Gasteiger partial charge in [-0.1, -0.05) is 30.3 Å². The average molecular weight is 284 g/mol. The van der Waals surface area contributed by atoms with Crippen LogP contribution in [0.25, 0.3) is 0 Å². The predicted octanol–water partition coefficient (Wildman–Crippen LogP) is 3.60. The molecule has 3 aliphatic rings. The molecule has 0 heterocycles. The van der Waals surface area contributed by atoms with E-state index in [1.165, 1.54) is 57.2 Å². The summed E-state index contributed by atoms with van der Waals surface area (Å²) in [5, 5.41) is 3.78. The molecule has 2 nitrogen and oxygen atoms in total. The fourth-order valence-corrected chi connectivity index (χ4v) is 3.29. The Labute approximate surface area is 128 Å². The zero-order valence-corrected chi connectivity index (χ0v) is 13.0. The Morgan fingerprint density at radius 2 is 1.52 bits per heavy atom. The van der Waals surface area contributed by atoms with Crippen molar-refractivity contribution in [1.29, 1.82) is 0 Å². The molecule has 21 heavy (non-hydrogen) atoms. The molecule has 1 aromatic carbocycles.